The van der Waals surface area contributed by atoms with E-state index in [1.54, 1.807) is 11.1 Å². The van der Waals surface area contributed by atoms with E-state index in [2.05, 4.69) is 13.8 Å². The Kier molecular flexibility index (Phi) is 23.6. The van der Waals surface area contributed by atoms with Crippen LogP contribution in [0.5, 0.6) is 11.5 Å². The van der Waals surface area contributed by atoms with E-state index < -0.39 is 0 Å². The van der Waals surface area contributed by atoms with Crippen molar-refractivity contribution in [1.29, 1.82) is 0 Å². The van der Waals surface area contributed by atoms with Gasteiger partial charge >= 0.3 is 584 Å². The quantitative estimate of drug-likeness (QED) is 0.195. The van der Waals surface area contributed by atoms with Crippen molar-refractivity contribution in [1.82, 2.24) is 0 Å². The maximum atomic E-state index is 7.44. The third-order valence-corrected chi connectivity index (χ3v) is 138. The predicted octanol–water partition coefficient (Wildman–Crippen LogP) is -6.72. The molecule has 35 heavy (non-hydrogen) atoms. The van der Waals surface area contributed by atoms with Crippen LogP contribution >= 0.6 is 0 Å². The Bertz CT molecular complexity index is 1490. The normalized spacial score (nSPS) is 11.0. The molecule has 136 valence electrons. The number of hydrogen-bond acceptors (Lipinski definition) is 1. The Hall–Kier alpha value is 14.8. The van der Waals surface area contributed by atoms with Crippen molar-refractivity contribution in [2.45, 2.75) is 13.8 Å². The van der Waals surface area contributed by atoms with Gasteiger partial charge in [-0.25, -0.2) is 0 Å². The number of rotatable bonds is 2. The molecule has 0 atom stereocenters. The second-order valence-electron chi connectivity index (χ2n) is 11.0. The molecule has 0 heterocycles. The fraction of sp³-hybridized carbons (Fsp3) is 0.0909. The number of hydrogen-bond donors (Lipinski definition) is 0. The SMILES string of the molecule is Cc1[c]([RaH])[c]([RaH])c2[c]([RaH])c(Oc3[c]([RaH])[c]([RaH])c4[c]([RaH])c(C)[c]([RaH])[c]([RaH])c4[c]3[RaH])[c]([RaH])[c]([RaH])c2[c]1[RaH]. The van der Waals surface area contributed by atoms with E-state index in [0.717, 1.165) is 0 Å². The molecule has 0 N–H and O–H groups in total. The van der Waals surface area contributed by atoms with Crippen LogP contribution < -0.4 is 12.0 Å². The Morgan fingerprint density at radius 1 is 0.314 bits per heavy atom. The van der Waals surface area contributed by atoms with Crippen molar-refractivity contribution in [3.63, 3.8) is 0 Å². The molecule has 0 unspecified atom stereocenters. The summed E-state index contributed by atoms with van der Waals surface area (Å²) in [5.41, 5.74) is 3.59. The molecule has 0 saturated carbocycles. The first kappa shape index (κ1) is 42.6. The molecular weight excluding hydrogens is 2990 g/mol. The first-order valence-corrected chi connectivity index (χ1v) is 62.2. The van der Waals surface area contributed by atoms with Gasteiger partial charge in [0.2, 0.25) is 0 Å². The van der Waals surface area contributed by atoms with Crippen LogP contribution in [0.25, 0.3) is 21.5 Å². The van der Waals surface area contributed by atoms with Crippen LogP contribution in [0.2, 0.25) is 0 Å². The van der Waals surface area contributed by atoms with E-state index in [-0.39, 0.29) is 0 Å². The van der Waals surface area contributed by atoms with Crippen LogP contribution in [0.1, 0.15) is 11.1 Å². The van der Waals surface area contributed by atoms with E-state index >= 15 is 0 Å². The predicted molar refractivity (Wildman–Crippen MR) is 110 cm³/mol. The van der Waals surface area contributed by atoms with Gasteiger partial charge in [-0.15, -0.1) is 0 Å². The molecule has 1 nitrogen and oxygen atoms in total. The van der Waals surface area contributed by atoms with Gasteiger partial charge in [-0.2, -0.15) is 0 Å². The molecule has 0 radical (unpaired) electrons. The topological polar surface area (TPSA) is 9.23 Å². The minimum atomic E-state index is 0.313. The van der Waals surface area contributed by atoms with Gasteiger partial charge in [0.15, 0.2) is 0 Å². The monoisotopic (exact) mass is 3010 g/mol. The summed E-state index contributed by atoms with van der Waals surface area (Å²) in [5.74, 6) is 3.03. The maximum absolute atomic E-state index is 7.44. The molecule has 0 aliphatic rings. The van der Waals surface area contributed by atoms with Gasteiger partial charge in [-0.05, 0) is 0 Å². The van der Waals surface area contributed by atoms with Gasteiger partial charge < -0.3 is 0 Å². The Labute approximate surface area is 559 Å². The fourth-order valence-corrected chi connectivity index (χ4v) is 118. The summed E-state index contributed by atoms with van der Waals surface area (Å²) >= 11 is 4.79. The van der Waals surface area contributed by atoms with Gasteiger partial charge in [-0.3, -0.25) is 0 Å². The Morgan fingerprint density at radius 3 is 0.886 bits per heavy atom. The third-order valence-electron chi connectivity index (χ3n) is 9.57. The molecule has 4 aromatic rings. The van der Waals surface area contributed by atoms with Crippen molar-refractivity contribution in [3.05, 3.63) is 11.1 Å². The van der Waals surface area contributed by atoms with Crippen molar-refractivity contribution < 1.29 is 518 Å². The number of ether oxygens (including phenoxy) is 1. The molecule has 0 aromatic heterocycles. The molecule has 4 aromatic carbocycles. The zero-order valence-electron chi connectivity index (χ0n) is 24.4. The van der Waals surface area contributed by atoms with Crippen LogP contribution in [0, 0.1) is 527 Å². The summed E-state index contributed by atoms with van der Waals surface area (Å²) in [5, 5.41) is 7.45. The molecule has 0 bridgehead atoms. The van der Waals surface area contributed by atoms with Gasteiger partial charge in [0, 0.05) is 0 Å². The summed E-state index contributed by atoms with van der Waals surface area (Å²) in [6, 6.07) is 0. The Morgan fingerprint density at radius 2 is 0.571 bits per heavy atom. The van der Waals surface area contributed by atoms with Crippen molar-refractivity contribution in [3.8, 4) is 11.5 Å². The van der Waals surface area contributed by atoms with E-state index in [4.69, 9.17) is 4.74 Å². The van der Waals surface area contributed by atoms with Crippen LogP contribution in [-0.4, -0.2) is 0 Å². The van der Waals surface area contributed by atoms with E-state index in [1.807, 2.05) is 28.8 Å². The van der Waals surface area contributed by atoms with Crippen LogP contribution in [0.15, 0.2) is 0 Å². The standard InChI is InChI=1S/C22H6O.12Ra.12H/c1-15-3-5-19-13-21(9-7-17(19)11-15)23-22-10-8-18-12-16(2)4-6-20(18)14-22;;;;;;;;;;;;;;;;;;;;;;;;/h1-2H3;;;;;;;;;;;;;;;;;;;;;;;;. The second kappa shape index (κ2) is 19.4. The summed E-state index contributed by atoms with van der Waals surface area (Å²) in [6.07, 6.45) is 0. The molecular formula is C22H18ORa12. The van der Waals surface area contributed by atoms with Gasteiger partial charge in [0.05, 0.1) is 0 Å². The summed E-state index contributed by atoms with van der Waals surface area (Å²) < 4.78 is 29.9. The van der Waals surface area contributed by atoms with E-state index in [1.165, 1.54) is 11.5 Å². The number of fused-ring (bicyclic) bond motifs is 2. The zero-order chi connectivity index (χ0) is 26.3. The molecule has 0 saturated heterocycles. The number of benzene rings is 4. The molecule has 0 aliphatic carbocycles. The molecule has 0 spiro atoms. The third kappa shape index (κ3) is 9.37. The van der Waals surface area contributed by atoms with E-state index in [9.17, 15) is 0 Å². The average Bonchev–Trinajstić information content (AvgIpc) is 2.82. The van der Waals surface area contributed by atoms with Crippen molar-refractivity contribution in [2.24, 2.45) is 0 Å². The van der Waals surface area contributed by atoms with Gasteiger partial charge in [0.1, 0.15) is 0 Å². The zero-order valence-corrected chi connectivity index (χ0v) is 123. The first-order chi connectivity index (χ1) is 16.2. The van der Waals surface area contributed by atoms with Crippen molar-refractivity contribution in [2.75, 3.05) is 0 Å². The minimum absolute atomic E-state index is 0.313. The summed E-state index contributed by atoms with van der Waals surface area (Å²) in [7, 11) is 0. The van der Waals surface area contributed by atoms with Crippen molar-refractivity contribution >= 4 is 28.8 Å². The molecule has 4 rings (SSSR count). The summed E-state index contributed by atoms with van der Waals surface area (Å²) in [6.45, 7) is 5.01. The van der Waals surface area contributed by atoms with Gasteiger partial charge in [0.25, 0.3) is 0 Å². The molecule has 13 heteroatoms. The molecule has 0 fully saturated rings. The second-order valence-corrected chi connectivity index (χ2v) is 60.3. The van der Waals surface area contributed by atoms with Crippen LogP contribution in [-0.2, 0) is 0 Å². The summed E-state index contributed by atoms with van der Waals surface area (Å²) in [4.78, 5) is 0. The molecule has 0 aliphatic heterocycles. The van der Waals surface area contributed by atoms with Crippen LogP contribution in [0.4, 0.5) is 0 Å². The molecule has 0 amide bonds. The Balaban J connectivity index is 2.10. The van der Waals surface area contributed by atoms with Gasteiger partial charge in [-0.1, -0.05) is 0 Å². The first-order valence-electron chi connectivity index (χ1n) is 12.9. The average molecular weight is 3010 g/mol. The fourth-order valence-electron chi connectivity index (χ4n) is 6.41. The van der Waals surface area contributed by atoms with Crippen LogP contribution in [0.3, 0.4) is 0 Å². The van der Waals surface area contributed by atoms with E-state index in [0.29, 0.717) is 514 Å².